The van der Waals surface area contributed by atoms with Gasteiger partial charge in [0.05, 0.1) is 12.8 Å². The third-order valence-corrected chi connectivity index (χ3v) is 5.30. The molecule has 1 amide bonds. The van der Waals surface area contributed by atoms with E-state index in [1.54, 1.807) is 18.4 Å². The van der Waals surface area contributed by atoms with Crippen molar-refractivity contribution in [2.75, 3.05) is 39.8 Å². The Morgan fingerprint density at radius 2 is 1.92 bits per heavy atom. The van der Waals surface area contributed by atoms with Gasteiger partial charge in [-0.1, -0.05) is 0 Å². The van der Waals surface area contributed by atoms with Gasteiger partial charge in [-0.15, -0.1) is 23.7 Å². The Morgan fingerprint density at radius 1 is 1.23 bits per heavy atom. The number of methoxy groups -OCH3 is 1. The van der Waals surface area contributed by atoms with E-state index >= 15 is 0 Å². The highest BCUT2D eigenvalue weighted by molar-refractivity contribution is 7.13. The van der Waals surface area contributed by atoms with E-state index in [4.69, 9.17) is 15.5 Å². The number of amides is 1. The second-order valence-corrected chi connectivity index (χ2v) is 6.93. The number of rotatable bonds is 6. The molecule has 0 aliphatic carbocycles. The van der Waals surface area contributed by atoms with Crippen LogP contribution in [0.3, 0.4) is 0 Å². The monoisotopic (exact) mass is 396 g/mol. The second kappa shape index (κ2) is 9.87. The molecule has 1 aliphatic rings. The van der Waals surface area contributed by atoms with Crippen LogP contribution >= 0.6 is 23.7 Å². The van der Waals surface area contributed by atoms with Crippen molar-refractivity contribution in [3.63, 3.8) is 0 Å². The number of nitrogens with two attached hydrogens (primary N) is 1. The zero-order chi connectivity index (χ0) is 17.6. The lowest BCUT2D eigenvalue weighted by Gasteiger charge is -2.34. The van der Waals surface area contributed by atoms with E-state index < -0.39 is 0 Å². The lowest BCUT2D eigenvalue weighted by atomic mass is 10.2. The molecule has 0 bridgehead atoms. The van der Waals surface area contributed by atoms with Crippen LogP contribution in [0.15, 0.2) is 29.6 Å². The van der Waals surface area contributed by atoms with Crippen molar-refractivity contribution in [3.05, 3.63) is 35.3 Å². The van der Waals surface area contributed by atoms with Gasteiger partial charge in [-0.3, -0.25) is 9.69 Å². The molecule has 0 radical (unpaired) electrons. The standard InChI is InChI=1S/C18H24N4O2S.ClH/c1-24-16-4-2-14(3-5-16)18-20-15(13-25-18)12-21-8-10-22(11-9-21)17(23)6-7-19;/h2-5,13H,6-12,19H2,1H3;1H. The fraction of sp³-hybridized carbons (Fsp3) is 0.444. The molecular weight excluding hydrogens is 372 g/mol. The highest BCUT2D eigenvalue weighted by atomic mass is 35.5. The van der Waals surface area contributed by atoms with Gasteiger partial charge in [0.2, 0.25) is 5.91 Å². The molecule has 0 atom stereocenters. The minimum absolute atomic E-state index is 0. The largest absolute Gasteiger partial charge is 0.497 e. The zero-order valence-electron chi connectivity index (χ0n) is 14.9. The van der Waals surface area contributed by atoms with E-state index in [2.05, 4.69) is 10.3 Å². The van der Waals surface area contributed by atoms with Crippen LogP contribution in [0.5, 0.6) is 5.75 Å². The molecule has 2 N–H and O–H groups in total. The quantitative estimate of drug-likeness (QED) is 0.810. The summed E-state index contributed by atoms with van der Waals surface area (Å²) in [6.07, 6.45) is 0.442. The summed E-state index contributed by atoms with van der Waals surface area (Å²) in [4.78, 5) is 20.9. The van der Waals surface area contributed by atoms with Gasteiger partial charge in [-0.05, 0) is 24.3 Å². The number of carbonyl (C=O) groups excluding carboxylic acids is 1. The van der Waals surface area contributed by atoms with Crippen LogP contribution in [-0.4, -0.2) is 60.5 Å². The highest BCUT2D eigenvalue weighted by Gasteiger charge is 2.21. The Labute approximate surface area is 164 Å². The van der Waals surface area contributed by atoms with Crippen molar-refractivity contribution >= 4 is 29.7 Å². The van der Waals surface area contributed by atoms with Gasteiger partial charge >= 0.3 is 0 Å². The van der Waals surface area contributed by atoms with E-state index in [0.29, 0.717) is 13.0 Å². The summed E-state index contributed by atoms with van der Waals surface area (Å²) in [7, 11) is 1.67. The molecule has 6 nitrogen and oxygen atoms in total. The number of nitrogens with zero attached hydrogens (tertiary/aromatic N) is 3. The Bertz CT molecular complexity index is 699. The molecule has 0 unspecified atom stereocenters. The number of hydrogen-bond acceptors (Lipinski definition) is 6. The maximum Gasteiger partial charge on any atom is 0.223 e. The van der Waals surface area contributed by atoms with Crippen LogP contribution in [0.25, 0.3) is 10.6 Å². The van der Waals surface area contributed by atoms with Gasteiger partial charge in [0.1, 0.15) is 10.8 Å². The van der Waals surface area contributed by atoms with Gasteiger partial charge in [-0.25, -0.2) is 4.98 Å². The predicted molar refractivity (Wildman–Crippen MR) is 107 cm³/mol. The first kappa shape index (κ1) is 20.6. The van der Waals surface area contributed by atoms with Crippen LogP contribution in [0.4, 0.5) is 0 Å². The van der Waals surface area contributed by atoms with E-state index in [1.807, 2.05) is 29.2 Å². The van der Waals surface area contributed by atoms with Crippen LogP contribution in [0.1, 0.15) is 12.1 Å². The maximum absolute atomic E-state index is 11.9. The molecule has 26 heavy (non-hydrogen) atoms. The number of hydrogen-bond donors (Lipinski definition) is 1. The van der Waals surface area contributed by atoms with Crippen LogP contribution in [0, 0.1) is 0 Å². The van der Waals surface area contributed by atoms with Crippen molar-refractivity contribution in [2.45, 2.75) is 13.0 Å². The van der Waals surface area contributed by atoms with Gasteiger partial charge in [0.15, 0.2) is 0 Å². The van der Waals surface area contributed by atoms with Crippen molar-refractivity contribution in [3.8, 4) is 16.3 Å². The summed E-state index contributed by atoms with van der Waals surface area (Å²) >= 11 is 1.66. The third-order valence-electron chi connectivity index (χ3n) is 4.36. The summed E-state index contributed by atoms with van der Waals surface area (Å²) in [5.74, 6) is 1.01. The van der Waals surface area contributed by atoms with Crippen LogP contribution < -0.4 is 10.5 Å². The first-order chi connectivity index (χ1) is 12.2. The van der Waals surface area contributed by atoms with Crippen molar-refractivity contribution in [1.82, 2.24) is 14.8 Å². The van der Waals surface area contributed by atoms with Gasteiger partial charge in [0.25, 0.3) is 0 Å². The minimum Gasteiger partial charge on any atom is -0.497 e. The van der Waals surface area contributed by atoms with E-state index in [-0.39, 0.29) is 18.3 Å². The zero-order valence-corrected chi connectivity index (χ0v) is 16.5. The van der Waals surface area contributed by atoms with E-state index in [1.165, 1.54) is 0 Å². The number of ether oxygens (including phenoxy) is 1. The van der Waals surface area contributed by atoms with Gasteiger partial charge in [-0.2, -0.15) is 0 Å². The lowest BCUT2D eigenvalue weighted by molar-refractivity contribution is -0.132. The number of halogens is 1. The molecule has 1 saturated heterocycles. The Morgan fingerprint density at radius 3 is 2.54 bits per heavy atom. The summed E-state index contributed by atoms with van der Waals surface area (Å²) in [5, 5.41) is 3.14. The summed E-state index contributed by atoms with van der Waals surface area (Å²) < 4.78 is 5.19. The molecule has 1 aromatic carbocycles. The number of thiazole rings is 1. The topological polar surface area (TPSA) is 71.7 Å². The first-order valence-corrected chi connectivity index (χ1v) is 9.36. The average Bonchev–Trinajstić information content (AvgIpc) is 3.11. The Hall–Kier alpha value is -1.67. The number of piperazine rings is 1. The van der Waals surface area contributed by atoms with Gasteiger partial charge in [0, 0.05) is 56.6 Å². The minimum atomic E-state index is 0. The maximum atomic E-state index is 11.9. The lowest BCUT2D eigenvalue weighted by Crippen LogP contribution is -2.48. The van der Waals surface area contributed by atoms with E-state index in [0.717, 1.165) is 54.7 Å². The molecule has 2 heterocycles. The molecule has 1 aromatic heterocycles. The summed E-state index contributed by atoms with van der Waals surface area (Å²) in [6.45, 7) is 4.55. The fourth-order valence-electron chi connectivity index (χ4n) is 2.91. The smallest absolute Gasteiger partial charge is 0.223 e. The molecule has 1 aliphatic heterocycles. The molecule has 0 spiro atoms. The highest BCUT2D eigenvalue weighted by Crippen LogP contribution is 2.26. The normalized spacial score (nSPS) is 14.8. The Balaban J connectivity index is 0.00000243. The molecule has 142 valence electrons. The molecule has 2 aromatic rings. The first-order valence-electron chi connectivity index (χ1n) is 8.48. The van der Waals surface area contributed by atoms with Crippen LogP contribution in [-0.2, 0) is 11.3 Å². The second-order valence-electron chi connectivity index (χ2n) is 6.07. The molecule has 1 fully saturated rings. The SMILES string of the molecule is COc1ccc(-c2nc(CN3CCN(C(=O)CCN)CC3)cs2)cc1.Cl. The molecule has 3 rings (SSSR count). The number of benzene rings is 1. The van der Waals surface area contributed by atoms with Crippen molar-refractivity contribution in [1.29, 1.82) is 0 Å². The van der Waals surface area contributed by atoms with E-state index in [9.17, 15) is 4.79 Å². The summed E-state index contributed by atoms with van der Waals surface area (Å²) in [5.41, 5.74) is 7.65. The molecule has 0 saturated carbocycles. The number of aromatic nitrogens is 1. The predicted octanol–water partition coefficient (Wildman–Crippen LogP) is 2.23. The Kier molecular flexibility index (Phi) is 7.84. The van der Waals surface area contributed by atoms with Crippen LogP contribution in [0.2, 0.25) is 0 Å². The number of carbonyl (C=O) groups is 1. The van der Waals surface area contributed by atoms with Crippen molar-refractivity contribution < 1.29 is 9.53 Å². The van der Waals surface area contributed by atoms with Crippen molar-refractivity contribution in [2.24, 2.45) is 5.73 Å². The third kappa shape index (κ3) is 5.17. The van der Waals surface area contributed by atoms with Gasteiger partial charge < -0.3 is 15.4 Å². The fourth-order valence-corrected chi connectivity index (χ4v) is 3.73. The summed E-state index contributed by atoms with van der Waals surface area (Å²) in [6, 6.07) is 7.97. The molecule has 8 heteroatoms. The molecular formula is C18H25ClN4O2S. The average molecular weight is 397 g/mol.